The molecule has 6 heterocycles. The van der Waals surface area contributed by atoms with E-state index in [0.717, 1.165) is 54.5 Å². The number of nitrogens with one attached hydrogen (secondary N) is 3. The number of halogens is 1. The van der Waals surface area contributed by atoms with Gasteiger partial charge in [0.2, 0.25) is 18.0 Å². The first-order valence-electron chi connectivity index (χ1n) is 26.7. The van der Waals surface area contributed by atoms with E-state index in [4.69, 9.17) is 33.7 Å². The highest BCUT2D eigenvalue weighted by molar-refractivity contribution is 6.04. The number of carbonyl (C=O) groups is 4. The summed E-state index contributed by atoms with van der Waals surface area (Å²) in [6, 6.07) is 17.1. The molecule has 1 saturated carbocycles. The normalized spacial score (nSPS) is 22.4. The van der Waals surface area contributed by atoms with E-state index in [2.05, 4.69) is 29.5 Å². The maximum Gasteiger partial charge on any atom is 0.407 e. The Hall–Kier alpha value is -6.95. The molecule has 4 amide bonds. The van der Waals surface area contributed by atoms with Crippen molar-refractivity contribution in [3.63, 3.8) is 0 Å². The number of carbonyl (C=O) groups excluding carboxylic acids is 4. The van der Waals surface area contributed by atoms with Gasteiger partial charge in [0, 0.05) is 53.6 Å². The molecule has 2 aromatic heterocycles. The van der Waals surface area contributed by atoms with Crippen molar-refractivity contribution in [2.45, 2.75) is 128 Å². The standard InChI is InChI=1S/C57H69FN8O9/c1-8-12-41(46-28-36-27-45(36)65(46)54(68)49(31(3)4)62-56(69)72-6)60-40(9-2)33-17-19-43-39(26-33)48(58)51-38-18-16-34(29-47(38)75-55(66(43)51)35-13-10-14-37(25-35)71-5)42-30-59-52(61-42)44-15-11-22-64(44)53(67)50(63-57(70)73-7)32-20-23-74-24-21-32/h10,13-14,16-19,25-26,29-32,36,41,44-46,49-50,55H,8-9,11-12,15,20-24,27-28H2,1-7H3,(H,59,61)(H,62,69)(H,63,70). The molecule has 3 saturated heterocycles. The molecule has 0 spiro atoms. The van der Waals surface area contributed by atoms with E-state index >= 15 is 4.39 Å². The number of likely N-dealkylation sites (tertiary alicyclic amines) is 2. The minimum absolute atomic E-state index is 0.0892. The maximum absolute atomic E-state index is 17.7. The lowest BCUT2D eigenvalue weighted by molar-refractivity contribution is -0.137. The number of hydrogen-bond donors (Lipinski definition) is 3. The minimum atomic E-state index is -0.776. The topological polar surface area (TPSA) is 191 Å². The van der Waals surface area contributed by atoms with Crippen LogP contribution in [0.25, 0.3) is 33.4 Å². The molecule has 3 N–H and O–H groups in total. The molecule has 8 atom stereocenters. The summed E-state index contributed by atoms with van der Waals surface area (Å²) in [5, 5.41) is 6.03. The third-order valence-corrected chi connectivity index (χ3v) is 16.1. The van der Waals surface area contributed by atoms with Gasteiger partial charge in [-0.1, -0.05) is 58.4 Å². The van der Waals surface area contributed by atoms with Gasteiger partial charge in [0.05, 0.1) is 62.6 Å². The van der Waals surface area contributed by atoms with Crippen LogP contribution in [0.2, 0.25) is 0 Å². The SMILES string of the molecule is CCCC(N=C(CC)c1ccc2c(c1)c(F)c1n2C(c2cccc(OC)c2)Oc2cc(-c3cnc(C4CCCN4C(=O)C(NC(=O)OC)C4CCOCC4)[nH]3)ccc2-1)C1CC2CC2N1C(=O)C(NC(=O)OC)C(C)C. The molecule has 0 bridgehead atoms. The smallest absolute Gasteiger partial charge is 0.407 e. The fourth-order valence-corrected chi connectivity index (χ4v) is 12.1. The summed E-state index contributed by atoms with van der Waals surface area (Å²) >= 11 is 0. The highest BCUT2D eigenvalue weighted by Crippen LogP contribution is 2.51. The quantitative estimate of drug-likeness (QED) is 0.0803. The number of aromatic nitrogens is 3. The van der Waals surface area contributed by atoms with Crippen LogP contribution in [0.15, 0.2) is 71.9 Å². The molecule has 10 rings (SSSR count). The molecule has 8 unspecified atom stereocenters. The van der Waals surface area contributed by atoms with Gasteiger partial charge in [0.25, 0.3) is 0 Å². The number of hydrogen-bond acceptors (Lipinski definition) is 11. The van der Waals surface area contributed by atoms with Gasteiger partial charge >= 0.3 is 12.2 Å². The van der Waals surface area contributed by atoms with Crippen LogP contribution in [0.1, 0.15) is 115 Å². The molecule has 1 aliphatic carbocycles. The van der Waals surface area contributed by atoms with Gasteiger partial charge in [-0.05, 0) is 111 Å². The fraction of sp³-hybridized carbons (Fsp3) is 0.509. The third kappa shape index (κ3) is 9.93. The predicted octanol–water partition coefficient (Wildman–Crippen LogP) is 9.34. The molecule has 0 radical (unpaired) electrons. The fourth-order valence-electron chi connectivity index (χ4n) is 12.1. The summed E-state index contributed by atoms with van der Waals surface area (Å²) in [6.45, 7) is 9.59. The number of ether oxygens (including phenoxy) is 5. The number of H-pyrrole nitrogens is 1. The third-order valence-electron chi connectivity index (χ3n) is 16.1. The first kappa shape index (κ1) is 51.5. The summed E-state index contributed by atoms with van der Waals surface area (Å²) in [5.41, 5.74) is 5.45. The second-order valence-electron chi connectivity index (χ2n) is 20.9. The zero-order valence-corrected chi connectivity index (χ0v) is 43.9. The van der Waals surface area contributed by atoms with Crippen molar-refractivity contribution in [2.24, 2.45) is 22.7 Å². The van der Waals surface area contributed by atoms with E-state index in [1.165, 1.54) is 14.2 Å². The summed E-state index contributed by atoms with van der Waals surface area (Å²) in [6.07, 6.45) is 6.44. The Labute approximate surface area is 436 Å². The summed E-state index contributed by atoms with van der Waals surface area (Å²) in [5.74, 6) is 1.24. The van der Waals surface area contributed by atoms with Crippen molar-refractivity contribution in [2.75, 3.05) is 41.1 Å². The van der Waals surface area contributed by atoms with Crippen molar-refractivity contribution in [3.8, 4) is 34.0 Å². The number of methoxy groups -OCH3 is 3. The van der Waals surface area contributed by atoms with Crippen molar-refractivity contribution in [1.29, 1.82) is 0 Å². The highest BCUT2D eigenvalue weighted by Gasteiger charge is 2.57. The van der Waals surface area contributed by atoms with Crippen molar-refractivity contribution >= 4 is 40.6 Å². The molecule has 17 nitrogen and oxygen atoms in total. The van der Waals surface area contributed by atoms with Crippen LogP contribution in [0.5, 0.6) is 11.5 Å². The Morgan fingerprint density at radius 3 is 2.45 bits per heavy atom. The molecule has 5 aliphatic rings. The summed E-state index contributed by atoms with van der Waals surface area (Å²) in [4.78, 5) is 71.0. The lowest BCUT2D eigenvalue weighted by Gasteiger charge is -2.36. The Morgan fingerprint density at radius 1 is 0.933 bits per heavy atom. The number of piperidine rings is 1. The number of nitrogens with zero attached hydrogens (tertiary/aromatic N) is 5. The first-order chi connectivity index (χ1) is 36.3. The van der Waals surface area contributed by atoms with Crippen molar-refractivity contribution in [1.82, 2.24) is 35.0 Å². The summed E-state index contributed by atoms with van der Waals surface area (Å²) in [7, 11) is 4.20. The lowest BCUT2D eigenvalue weighted by atomic mass is 9.90. The Kier molecular flexibility index (Phi) is 14.9. The number of imidazole rings is 1. The number of benzene rings is 3. The molecule has 4 fully saturated rings. The number of fused-ring (bicyclic) bond motifs is 6. The zero-order chi connectivity index (χ0) is 52.7. The van der Waals surface area contributed by atoms with E-state index in [0.29, 0.717) is 96.5 Å². The van der Waals surface area contributed by atoms with Gasteiger partial charge in [-0.2, -0.15) is 0 Å². The molecular weight excluding hydrogens is 960 g/mol. The number of aromatic amines is 1. The van der Waals surface area contributed by atoms with Crippen LogP contribution < -0.4 is 20.1 Å². The van der Waals surface area contributed by atoms with Crippen LogP contribution in [-0.4, -0.2) is 125 Å². The molecular formula is C57H69FN8O9. The van der Waals surface area contributed by atoms with Crippen LogP contribution in [0.4, 0.5) is 14.0 Å². The average molecular weight is 1030 g/mol. The predicted molar refractivity (Wildman–Crippen MR) is 280 cm³/mol. The Morgan fingerprint density at radius 2 is 1.72 bits per heavy atom. The van der Waals surface area contributed by atoms with Gasteiger partial charge in [-0.25, -0.2) is 19.0 Å². The van der Waals surface area contributed by atoms with Gasteiger partial charge in [0.1, 0.15) is 29.4 Å². The monoisotopic (exact) mass is 1030 g/mol. The largest absolute Gasteiger partial charge is 0.497 e. The Balaban J connectivity index is 0.976. The van der Waals surface area contributed by atoms with Gasteiger partial charge in [-0.3, -0.25) is 19.1 Å². The van der Waals surface area contributed by atoms with E-state index in [1.54, 1.807) is 13.3 Å². The molecule has 18 heteroatoms. The number of rotatable bonds is 16. The molecule has 75 heavy (non-hydrogen) atoms. The Bertz CT molecular complexity index is 2980. The number of alkyl carbamates (subject to hydrolysis) is 2. The molecule has 4 aliphatic heterocycles. The van der Waals surface area contributed by atoms with Gasteiger partial charge in [0.15, 0.2) is 5.82 Å². The minimum Gasteiger partial charge on any atom is -0.497 e. The highest BCUT2D eigenvalue weighted by atomic mass is 19.1. The number of amides is 4. The van der Waals surface area contributed by atoms with Crippen LogP contribution in [0, 0.1) is 23.6 Å². The second kappa shape index (κ2) is 21.7. The maximum atomic E-state index is 17.7. The molecule has 398 valence electrons. The van der Waals surface area contributed by atoms with E-state index in [1.807, 2.05) is 88.9 Å². The van der Waals surface area contributed by atoms with Gasteiger partial charge < -0.3 is 49.1 Å². The van der Waals surface area contributed by atoms with Crippen LogP contribution in [-0.2, 0) is 23.8 Å². The molecule has 3 aromatic carbocycles. The summed E-state index contributed by atoms with van der Waals surface area (Å²) < 4.78 is 47.6. The zero-order valence-electron chi connectivity index (χ0n) is 43.9. The average Bonchev–Trinajstić information content (AvgIpc) is 3.85. The van der Waals surface area contributed by atoms with E-state index in [-0.39, 0.29) is 47.8 Å². The first-order valence-corrected chi connectivity index (χ1v) is 26.7. The number of aliphatic imine (C=N–C) groups is 1. The van der Waals surface area contributed by atoms with Crippen molar-refractivity contribution in [3.05, 3.63) is 89.6 Å². The lowest BCUT2D eigenvalue weighted by Crippen LogP contribution is -2.55. The van der Waals surface area contributed by atoms with Crippen molar-refractivity contribution < 1.29 is 47.3 Å². The van der Waals surface area contributed by atoms with E-state index in [9.17, 15) is 19.2 Å². The van der Waals surface area contributed by atoms with E-state index < -0.39 is 36.3 Å². The van der Waals surface area contributed by atoms with Gasteiger partial charge in [-0.15, -0.1) is 0 Å². The van der Waals surface area contributed by atoms with Crippen LogP contribution in [0.3, 0.4) is 0 Å². The van der Waals surface area contributed by atoms with Crippen LogP contribution >= 0.6 is 0 Å². The molecule has 5 aromatic rings. The second-order valence-corrected chi connectivity index (χ2v) is 20.9.